The normalized spacial score (nSPS) is 19.6. The molecule has 92 valence electrons. The van der Waals surface area contributed by atoms with Crippen molar-refractivity contribution < 1.29 is 9.53 Å². The molecule has 16 heavy (non-hydrogen) atoms. The topological polar surface area (TPSA) is 26.3 Å². The zero-order valence-electron chi connectivity index (χ0n) is 11.0. The van der Waals surface area contributed by atoms with Crippen LogP contribution in [-0.4, -0.2) is 13.1 Å². The average molecular weight is 224 g/mol. The molecule has 1 saturated carbocycles. The number of hydrogen-bond donors (Lipinski definition) is 0. The monoisotopic (exact) mass is 224 g/mol. The van der Waals surface area contributed by atoms with Crippen LogP contribution in [0.3, 0.4) is 0 Å². The smallest absolute Gasteiger partial charge is 0.333 e. The van der Waals surface area contributed by atoms with Gasteiger partial charge in [0.15, 0.2) is 0 Å². The molecular weight excluding hydrogens is 200 g/mol. The van der Waals surface area contributed by atoms with Gasteiger partial charge in [0.2, 0.25) is 0 Å². The summed E-state index contributed by atoms with van der Waals surface area (Å²) in [5.74, 6) is 0.403. The van der Waals surface area contributed by atoms with Gasteiger partial charge in [0.25, 0.3) is 0 Å². The highest BCUT2D eigenvalue weighted by atomic mass is 16.5. The molecule has 0 aliphatic heterocycles. The summed E-state index contributed by atoms with van der Waals surface area (Å²) >= 11 is 0. The van der Waals surface area contributed by atoms with E-state index in [2.05, 4.69) is 26.8 Å². The van der Waals surface area contributed by atoms with Gasteiger partial charge in [-0.2, -0.15) is 0 Å². The zero-order chi connectivity index (χ0) is 12.2. The molecule has 0 atom stereocenters. The van der Waals surface area contributed by atoms with E-state index in [0.717, 1.165) is 5.57 Å². The molecule has 0 bridgehead atoms. The summed E-state index contributed by atoms with van der Waals surface area (Å²) in [5.41, 5.74) is 0.715. The van der Waals surface area contributed by atoms with E-state index in [1.807, 2.05) is 0 Å². The fourth-order valence-electron chi connectivity index (χ4n) is 2.27. The van der Waals surface area contributed by atoms with Crippen LogP contribution >= 0.6 is 0 Å². The van der Waals surface area contributed by atoms with Gasteiger partial charge in [0.05, 0.1) is 7.11 Å². The Balaban J connectivity index is 2.82. The van der Waals surface area contributed by atoms with E-state index in [0.29, 0.717) is 5.92 Å². The third-order valence-corrected chi connectivity index (χ3v) is 3.27. The lowest BCUT2D eigenvalue weighted by Crippen LogP contribution is -2.21. The summed E-state index contributed by atoms with van der Waals surface area (Å²) in [6.07, 6.45) is 8.52. The maximum atomic E-state index is 11.7. The molecule has 0 aromatic carbocycles. The molecule has 1 fully saturated rings. The number of carbonyl (C=O) groups is 1. The lowest BCUT2D eigenvalue weighted by Gasteiger charge is -2.25. The molecule has 0 aromatic rings. The van der Waals surface area contributed by atoms with Crippen molar-refractivity contribution in [2.75, 3.05) is 7.11 Å². The Kier molecular flexibility index (Phi) is 4.57. The number of allylic oxidation sites excluding steroid dienone is 1. The molecule has 2 nitrogen and oxygen atoms in total. The first kappa shape index (κ1) is 13.3. The largest absolute Gasteiger partial charge is 0.466 e. The number of rotatable bonds is 2. The summed E-state index contributed by atoms with van der Waals surface area (Å²) < 4.78 is 4.87. The summed E-state index contributed by atoms with van der Waals surface area (Å²) in [5, 5.41) is 0. The molecule has 2 heteroatoms. The minimum absolute atomic E-state index is 0.120. The van der Waals surface area contributed by atoms with Crippen LogP contribution in [0.25, 0.3) is 0 Å². The van der Waals surface area contributed by atoms with Gasteiger partial charge in [0.1, 0.15) is 0 Å². The Labute approximate surface area is 99.1 Å². The van der Waals surface area contributed by atoms with Crippen LogP contribution < -0.4 is 0 Å². The standard InChI is InChI=1S/C14H24O2/c1-14(2,3)12(13(15)16-4)10-11-8-6-5-7-9-11/h10-11H,5-9H2,1-4H3. The van der Waals surface area contributed by atoms with Gasteiger partial charge < -0.3 is 4.74 Å². The second-order valence-electron chi connectivity index (χ2n) is 5.72. The van der Waals surface area contributed by atoms with Crippen LogP contribution in [0.1, 0.15) is 52.9 Å². The quantitative estimate of drug-likeness (QED) is 0.528. The van der Waals surface area contributed by atoms with Crippen molar-refractivity contribution in [3.05, 3.63) is 11.6 Å². The van der Waals surface area contributed by atoms with Crippen molar-refractivity contribution in [2.45, 2.75) is 52.9 Å². The predicted molar refractivity (Wildman–Crippen MR) is 66.1 cm³/mol. The van der Waals surface area contributed by atoms with E-state index in [9.17, 15) is 4.79 Å². The Morgan fingerprint density at radius 3 is 2.19 bits per heavy atom. The molecule has 0 heterocycles. The number of carbonyl (C=O) groups excluding carboxylic acids is 1. The third-order valence-electron chi connectivity index (χ3n) is 3.27. The minimum Gasteiger partial charge on any atom is -0.466 e. The van der Waals surface area contributed by atoms with Gasteiger partial charge in [0, 0.05) is 5.57 Å². The van der Waals surface area contributed by atoms with Gasteiger partial charge >= 0.3 is 5.97 Å². The number of methoxy groups -OCH3 is 1. The molecule has 0 amide bonds. The van der Waals surface area contributed by atoms with Crippen LogP contribution in [0.5, 0.6) is 0 Å². The van der Waals surface area contributed by atoms with E-state index < -0.39 is 0 Å². The molecule has 0 saturated heterocycles. The van der Waals surface area contributed by atoms with Crippen LogP contribution in [0.4, 0.5) is 0 Å². The molecule has 1 rings (SSSR count). The van der Waals surface area contributed by atoms with Crippen molar-refractivity contribution in [1.82, 2.24) is 0 Å². The van der Waals surface area contributed by atoms with Gasteiger partial charge in [-0.3, -0.25) is 0 Å². The highest BCUT2D eigenvalue weighted by Crippen LogP contribution is 2.32. The molecule has 0 N–H and O–H groups in total. The van der Waals surface area contributed by atoms with Crippen LogP contribution in [0, 0.1) is 11.3 Å². The van der Waals surface area contributed by atoms with Crippen molar-refractivity contribution in [2.24, 2.45) is 11.3 Å². The summed E-state index contributed by atoms with van der Waals surface area (Å²) in [7, 11) is 1.46. The first-order chi connectivity index (χ1) is 7.45. The minimum atomic E-state index is -0.168. The molecule has 0 spiro atoms. The van der Waals surface area contributed by atoms with E-state index in [4.69, 9.17) is 4.74 Å². The first-order valence-electron chi connectivity index (χ1n) is 6.26. The fraction of sp³-hybridized carbons (Fsp3) is 0.786. The molecule has 0 unspecified atom stereocenters. The highest BCUT2D eigenvalue weighted by Gasteiger charge is 2.26. The van der Waals surface area contributed by atoms with Crippen LogP contribution in [0.2, 0.25) is 0 Å². The summed E-state index contributed by atoms with van der Waals surface area (Å²) in [4.78, 5) is 11.7. The third kappa shape index (κ3) is 3.66. The average Bonchev–Trinajstić information content (AvgIpc) is 2.25. The molecule has 1 aliphatic carbocycles. The van der Waals surface area contributed by atoms with Gasteiger partial charge in [-0.1, -0.05) is 46.1 Å². The number of ether oxygens (including phenoxy) is 1. The van der Waals surface area contributed by atoms with Crippen LogP contribution in [-0.2, 0) is 9.53 Å². The van der Waals surface area contributed by atoms with Crippen LogP contribution in [0.15, 0.2) is 11.6 Å². The van der Waals surface area contributed by atoms with E-state index in [-0.39, 0.29) is 11.4 Å². The Morgan fingerprint density at radius 2 is 1.75 bits per heavy atom. The van der Waals surface area contributed by atoms with Gasteiger partial charge in [-0.25, -0.2) is 4.79 Å². The number of hydrogen-bond acceptors (Lipinski definition) is 2. The molecule has 0 aromatic heterocycles. The molecular formula is C14H24O2. The van der Waals surface area contributed by atoms with E-state index in [1.54, 1.807) is 0 Å². The SMILES string of the molecule is COC(=O)C(=CC1CCCCC1)C(C)(C)C. The van der Waals surface area contributed by atoms with E-state index >= 15 is 0 Å². The maximum Gasteiger partial charge on any atom is 0.333 e. The number of esters is 1. The van der Waals surface area contributed by atoms with E-state index in [1.165, 1.54) is 39.2 Å². The first-order valence-corrected chi connectivity index (χ1v) is 6.26. The fourth-order valence-corrected chi connectivity index (χ4v) is 2.27. The predicted octanol–water partition coefficient (Wildman–Crippen LogP) is 3.71. The highest BCUT2D eigenvalue weighted by molar-refractivity contribution is 5.89. The Morgan fingerprint density at radius 1 is 1.19 bits per heavy atom. The van der Waals surface area contributed by atoms with Crippen molar-refractivity contribution in [1.29, 1.82) is 0 Å². The summed E-state index contributed by atoms with van der Waals surface area (Å²) in [6, 6.07) is 0. The maximum absolute atomic E-state index is 11.7. The lowest BCUT2D eigenvalue weighted by atomic mass is 9.81. The second kappa shape index (κ2) is 5.51. The lowest BCUT2D eigenvalue weighted by molar-refractivity contribution is -0.137. The molecule has 1 aliphatic rings. The Hall–Kier alpha value is -0.790. The van der Waals surface area contributed by atoms with Gasteiger partial charge in [-0.05, 0) is 24.2 Å². The zero-order valence-corrected chi connectivity index (χ0v) is 11.0. The van der Waals surface area contributed by atoms with Crippen molar-refractivity contribution in [3.63, 3.8) is 0 Å². The van der Waals surface area contributed by atoms with Gasteiger partial charge in [-0.15, -0.1) is 0 Å². The second-order valence-corrected chi connectivity index (χ2v) is 5.72. The Bertz CT molecular complexity index is 265. The summed E-state index contributed by atoms with van der Waals surface area (Å²) in [6.45, 7) is 6.20. The molecule has 0 radical (unpaired) electrons. The van der Waals surface area contributed by atoms with Crippen molar-refractivity contribution in [3.8, 4) is 0 Å². The van der Waals surface area contributed by atoms with Crippen molar-refractivity contribution >= 4 is 5.97 Å².